The molecule has 1 N–H and O–H groups in total. The summed E-state index contributed by atoms with van der Waals surface area (Å²) in [5.41, 5.74) is 0. The molecule has 1 fully saturated rings. The monoisotopic (exact) mass is 403 g/mol. The van der Waals surface area contributed by atoms with Crippen LogP contribution in [0.5, 0.6) is 0 Å². The van der Waals surface area contributed by atoms with Crippen molar-refractivity contribution in [1.82, 2.24) is 14.5 Å². The summed E-state index contributed by atoms with van der Waals surface area (Å²) in [5.74, 6) is -2.00. The minimum Gasteiger partial charge on any atom is -0.355 e. The van der Waals surface area contributed by atoms with Gasteiger partial charge in [0, 0.05) is 38.8 Å². The van der Waals surface area contributed by atoms with Crippen molar-refractivity contribution < 1.29 is 22.0 Å². The molecule has 152 valence electrons. The fourth-order valence-electron chi connectivity index (χ4n) is 2.99. The van der Waals surface area contributed by atoms with Crippen molar-refractivity contribution in [1.29, 1.82) is 0 Å². The second-order valence-corrected chi connectivity index (χ2v) is 8.57. The molecule has 1 aromatic carbocycles. The van der Waals surface area contributed by atoms with E-state index in [-0.39, 0.29) is 25.5 Å². The average molecular weight is 403 g/mol. The second kappa shape index (κ2) is 10.1. The molecule has 0 bridgehead atoms. The summed E-state index contributed by atoms with van der Waals surface area (Å²) >= 11 is 0. The molecule has 1 amide bonds. The van der Waals surface area contributed by atoms with Crippen molar-refractivity contribution in [3.8, 4) is 0 Å². The van der Waals surface area contributed by atoms with Crippen molar-refractivity contribution in [3.05, 3.63) is 29.8 Å². The SMILES string of the molecule is CCCCCCNC(=O)CN1CCN(S(=O)(=O)c2ccc(F)cc2F)CC1. The molecule has 1 aliphatic heterocycles. The van der Waals surface area contributed by atoms with E-state index in [9.17, 15) is 22.0 Å². The molecule has 0 unspecified atom stereocenters. The first-order chi connectivity index (χ1) is 12.8. The number of hydrogen-bond donors (Lipinski definition) is 1. The molecule has 0 spiro atoms. The van der Waals surface area contributed by atoms with E-state index in [0.717, 1.165) is 37.8 Å². The quantitative estimate of drug-likeness (QED) is 0.640. The van der Waals surface area contributed by atoms with Gasteiger partial charge in [0.15, 0.2) is 0 Å². The number of halogens is 2. The maximum absolute atomic E-state index is 13.8. The number of benzene rings is 1. The molecular weight excluding hydrogens is 376 g/mol. The van der Waals surface area contributed by atoms with Gasteiger partial charge in [0.25, 0.3) is 0 Å². The molecule has 0 atom stereocenters. The Morgan fingerprint density at radius 2 is 1.81 bits per heavy atom. The minimum absolute atomic E-state index is 0.0765. The number of carbonyl (C=O) groups is 1. The van der Waals surface area contributed by atoms with Crippen molar-refractivity contribution in [3.63, 3.8) is 0 Å². The van der Waals surface area contributed by atoms with Crippen LogP contribution in [0.4, 0.5) is 8.78 Å². The number of nitrogens with one attached hydrogen (secondary N) is 1. The Morgan fingerprint density at radius 3 is 2.44 bits per heavy atom. The van der Waals surface area contributed by atoms with E-state index in [4.69, 9.17) is 0 Å². The van der Waals surface area contributed by atoms with Gasteiger partial charge in [-0.15, -0.1) is 0 Å². The van der Waals surface area contributed by atoms with E-state index in [2.05, 4.69) is 12.2 Å². The topological polar surface area (TPSA) is 69.7 Å². The van der Waals surface area contributed by atoms with Gasteiger partial charge >= 0.3 is 0 Å². The Balaban J connectivity index is 1.81. The Bertz CT molecular complexity index is 735. The van der Waals surface area contributed by atoms with E-state index in [1.807, 2.05) is 4.90 Å². The van der Waals surface area contributed by atoms with Crippen LogP contribution in [0, 0.1) is 11.6 Å². The highest BCUT2D eigenvalue weighted by Crippen LogP contribution is 2.21. The van der Waals surface area contributed by atoms with Crippen molar-refractivity contribution >= 4 is 15.9 Å². The fourth-order valence-corrected chi connectivity index (χ4v) is 4.46. The number of piperazine rings is 1. The summed E-state index contributed by atoms with van der Waals surface area (Å²) in [6, 6.07) is 2.43. The van der Waals surface area contributed by atoms with Gasteiger partial charge in [0.1, 0.15) is 16.5 Å². The largest absolute Gasteiger partial charge is 0.355 e. The number of sulfonamides is 1. The van der Waals surface area contributed by atoms with E-state index >= 15 is 0 Å². The first kappa shape index (κ1) is 21.7. The summed E-state index contributed by atoms with van der Waals surface area (Å²) < 4.78 is 53.1. The molecule has 27 heavy (non-hydrogen) atoms. The fraction of sp³-hybridized carbons (Fsp3) is 0.611. The second-order valence-electron chi connectivity index (χ2n) is 6.67. The Morgan fingerprint density at radius 1 is 1.11 bits per heavy atom. The summed E-state index contributed by atoms with van der Waals surface area (Å²) in [6.07, 6.45) is 4.34. The van der Waals surface area contributed by atoms with E-state index < -0.39 is 26.6 Å². The zero-order valence-corrected chi connectivity index (χ0v) is 16.4. The zero-order valence-electron chi connectivity index (χ0n) is 15.6. The summed E-state index contributed by atoms with van der Waals surface area (Å²) in [6.45, 7) is 4.06. The average Bonchev–Trinajstić information content (AvgIpc) is 2.61. The summed E-state index contributed by atoms with van der Waals surface area (Å²) in [4.78, 5) is 13.3. The lowest BCUT2D eigenvalue weighted by Gasteiger charge is -2.33. The molecule has 0 aliphatic carbocycles. The van der Waals surface area contributed by atoms with Crippen LogP contribution in [0.3, 0.4) is 0 Å². The summed E-state index contributed by atoms with van der Waals surface area (Å²) in [5, 5.41) is 2.87. The maximum Gasteiger partial charge on any atom is 0.246 e. The molecule has 1 aromatic rings. The number of carbonyl (C=O) groups excluding carboxylic acids is 1. The van der Waals surface area contributed by atoms with Gasteiger partial charge in [-0.3, -0.25) is 9.69 Å². The predicted octanol–water partition coefficient (Wildman–Crippen LogP) is 1.97. The molecule has 0 aromatic heterocycles. The number of hydrogen-bond acceptors (Lipinski definition) is 4. The third-order valence-electron chi connectivity index (χ3n) is 4.56. The lowest BCUT2D eigenvalue weighted by Crippen LogP contribution is -2.51. The highest BCUT2D eigenvalue weighted by Gasteiger charge is 2.31. The van der Waals surface area contributed by atoms with E-state index in [0.29, 0.717) is 25.7 Å². The first-order valence-electron chi connectivity index (χ1n) is 9.29. The first-order valence-corrected chi connectivity index (χ1v) is 10.7. The molecule has 2 rings (SSSR count). The van der Waals surface area contributed by atoms with Crippen molar-refractivity contribution in [2.24, 2.45) is 0 Å². The van der Waals surface area contributed by atoms with Gasteiger partial charge in [-0.1, -0.05) is 26.2 Å². The zero-order chi connectivity index (χ0) is 19.9. The molecule has 0 radical (unpaired) electrons. The van der Waals surface area contributed by atoms with Crippen molar-refractivity contribution in [2.45, 2.75) is 37.5 Å². The normalized spacial score (nSPS) is 16.4. The molecule has 1 aliphatic rings. The lowest BCUT2D eigenvalue weighted by molar-refractivity contribution is -0.122. The number of rotatable bonds is 9. The van der Waals surface area contributed by atoms with Crippen LogP contribution in [0.2, 0.25) is 0 Å². The van der Waals surface area contributed by atoms with E-state index in [1.54, 1.807) is 0 Å². The Labute approximate surface area is 159 Å². The van der Waals surface area contributed by atoms with Crippen LogP contribution < -0.4 is 5.32 Å². The van der Waals surface area contributed by atoms with Crippen LogP contribution >= 0.6 is 0 Å². The smallest absolute Gasteiger partial charge is 0.246 e. The van der Waals surface area contributed by atoms with Crippen LogP contribution in [-0.2, 0) is 14.8 Å². The van der Waals surface area contributed by atoms with E-state index in [1.165, 1.54) is 4.31 Å². The Kier molecular flexibility index (Phi) is 8.12. The maximum atomic E-state index is 13.8. The molecule has 1 heterocycles. The standard InChI is InChI=1S/C18H27F2N3O3S/c1-2-3-4-5-8-21-18(24)14-22-9-11-23(12-10-22)27(25,26)17-7-6-15(19)13-16(17)20/h6-7,13H,2-5,8-12,14H2,1H3,(H,21,24). The van der Waals surface area contributed by atoms with Gasteiger partial charge in [0.05, 0.1) is 6.54 Å². The molecule has 0 saturated carbocycles. The lowest BCUT2D eigenvalue weighted by atomic mass is 10.2. The van der Waals surface area contributed by atoms with Crippen molar-refractivity contribution in [2.75, 3.05) is 39.3 Å². The molecule has 9 heteroatoms. The molecule has 6 nitrogen and oxygen atoms in total. The molecule has 1 saturated heterocycles. The van der Waals surface area contributed by atoms with Gasteiger partial charge in [0.2, 0.25) is 15.9 Å². The van der Waals surface area contributed by atoms with Crippen LogP contribution in [-0.4, -0.2) is 62.8 Å². The third-order valence-corrected chi connectivity index (χ3v) is 6.49. The number of nitrogens with zero attached hydrogens (tertiary/aromatic N) is 2. The van der Waals surface area contributed by atoms with Crippen LogP contribution in [0.25, 0.3) is 0 Å². The third kappa shape index (κ3) is 6.22. The van der Waals surface area contributed by atoms with Gasteiger partial charge < -0.3 is 5.32 Å². The van der Waals surface area contributed by atoms with Crippen LogP contribution in [0.15, 0.2) is 23.1 Å². The summed E-state index contributed by atoms with van der Waals surface area (Å²) in [7, 11) is -4.02. The van der Waals surface area contributed by atoms with Gasteiger partial charge in [-0.2, -0.15) is 4.31 Å². The molecular formula is C18H27F2N3O3S. The van der Waals surface area contributed by atoms with Gasteiger partial charge in [-0.05, 0) is 18.6 Å². The Hall–Kier alpha value is -1.58. The predicted molar refractivity (Wildman–Crippen MR) is 98.7 cm³/mol. The van der Waals surface area contributed by atoms with Gasteiger partial charge in [-0.25, -0.2) is 17.2 Å². The minimum atomic E-state index is -4.02. The van der Waals surface area contributed by atoms with Crippen LogP contribution in [0.1, 0.15) is 32.6 Å². The number of amides is 1. The number of unbranched alkanes of at least 4 members (excludes halogenated alkanes) is 3. The highest BCUT2D eigenvalue weighted by molar-refractivity contribution is 7.89. The highest BCUT2D eigenvalue weighted by atomic mass is 32.2.